The van der Waals surface area contributed by atoms with E-state index in [0.717, 1.165) is 0 Å². The highest BCUT2D eigenvalue weighted by Crippen LogP contribution is 2.45. The Hall–Kier alpha value is -3.05. The van der Waals surface area contributed by atoms with Gasteiger partial charge in [-0.3, -0.25) is 0 Å². The Labute approximate surface area is 159 Å². The summed E-state index contributed by atoms with van der Waals surface area (Å²) in [7, 11) is 0. The van der Waals surface area contributed by atoms with Gasteiger partial charge in [0.15, 0.2) is 0 Å². The minimum absolute atomic E-state index is 0.0130. The fourth-order valence-electron chi connectivity index (χ4n) is 2.52. The Bertz CT molecular complexity index is 949. The number of aryl methyl sites for hydroxylation is 1. The van der Waals surface area contributed by atoms with Crippen molar-refractivity contribution in [1.29, 1.82) is 0 Å². The van der Waals surface area contributed by atoms with Crippen LogP contribution >= 0.6 is 0 Å². The molecule has 12 heteroatoms. The quantitative estimate of drug-likeness (QED) is 0.310. The average Bonchev–Trinajstić information content (AvgIpc) is 2.87. The molecule has 5 nitrogen and oxygen atoms in total. The van der Waals surface area contributed by atoms with Crippen LogP contribution in [-0.2, 0) is 0 Å². The number of nitrogens with zero attached hydrogens (tertiary/aromatic N) is 2. The topological polar surface area (TPSA) is 66.6 Å². The zero-order chi connectivity index (χ0) is 22.2. The van der Waals surface area contributed by atoms with Crippen molar-refractivity contribution in [3.05, 3.63) is 52.8 Å². The molecule has 158 valence electrons. The number of benzene rings is 1. The first kappa shape index (κ1) is 22.2. The van der Waals surface area contributed by atoms with Gasteiger partial charge >= 0.3 is 24.1 Å². The first-order valence-corrected chi connectivity index (χ1v) is 7.84. The monoisotopic (exact) mass is 425 g/mol. The minimum atomic E-state index is -6.47. The molecule has 29 heavy (non-hydrogen) atoms. The lowest BCUT2D eigenvalue weighted by Crippen LogP contribution is -2.58. The average molecular weight is 425 g/mol. The summed E-state index contributed by atoms with van der Waals surface area (Å²) >= 11 is 0. The largest absolute Gasteiger partial charge is 0.478 e. The normalized spacial score (nSPS) is 13.1. The lowest BCUT2D eigenvalue weighted by Gasteiger charge is -2.27. The summed E-state index contributed by atoms with van der Waals surface area (Å²) in [6.45, 7) is 3.10. The van der Waals surface area contributed by atoms with Gasteiger partial charge in [-0.05, 0) is 38.1 Å². The highest BCUT2D eigenvalue weighted by Gasteiger charge is 2.73. The van der Waals surface area contributed by atoms with Gasteiger partial charge < -0.3 is 9.67 Å². The number of hydrogen-bond acceptors (Lipinski definition) is 3. The van der Waals surface area contributed by atoms with Crippen LogP contribution < -0.4 is 5.43 Å². The predicted octanol–water partition coefficient (Wildman–Crippen LogP) is 4.51. The number of halogens is 7. The van der Waals surface area contributed by atoms with Crippen LogP contribution in [0.25, 0.3) is 5.69 Å². The Morgan fingerprint density at radius 1 is 1.10 bits per heavy atom. The lowest BCUT2D eigenvalue weighted by molar-refractivity contribution is -0.361. The van der Waals surface area contributed by atoms with Crippen LogP contribution in [-0.4, -0.2) is 40.0 Å². The summed E-state index contributed by atoms with van der Waals surface area (Å²) in [6, 6.07) is 1.50. The minimum Gasteiger partial charge on any atom is -0.478 e. The van der Waals surface area contributed by atoms with Gasteiger partial charge in [-0.1, -0.05) is 6.07 Å². The molecule has 0 atom stereocenters. The zero-order valence-electron chi connectivity index (χ0n) is 14.9. The molecule has 0 spiro atoms. The van der Waals surface area contributed by atoms with E-state index in [1.165, 1.54) is 35.8 Å². The van der Waals surface area contributed by atoms with E-state index >= 15 is 0 Å². The summed E-state index contributed by atoms with van der Waals surface area (Å²) in [5.74, 6) is -7.50. The second-order valence-electron chi connectivity index (χ2n) is 6.03. The molecule has 0 amide bonds. The van der Waals surface area contributed by atoms with Crippen LogP contribution in [0.2, 0.25) is 0 Å². The number of nitrogens with one attached hydrogen (secondary N) is 1. The fourth-order valence-corrected chi connectivity index (χ4v) is 2.52. The maximum absolute atomic E-state index is 13.2. The molecule has 0 saturated heterocycles. The van der Waals surface area contributed by atoms with E-state index in [4.69, 9.17) is 5.11 Å². The smallest absolute Gasteiger partial charge is 0.462 e. The molecule has 2 rings (SSSR count). The van der Waals surface area contributed by atoms with Gasteiger partial charge in [-0.25, -0.2) is 10.2 Å². The molecule has 0 aliphatic heterocycles. The van der Waals surface area contributed by atoms with Gasteiger partial charge in [0.2, 0.25) is 0 Å². The molecule has 0 bridgehead atoms. The van der Waals surface area contributed by atoms with Gasteiger partial charge in [-0.15, -0.1) is 0 Å². The third-order valence-corrected chi connectivity index (χ3v) is 3.98. The van der Waals surface area contributed by atoms with Crippen molar-refractivity contribution in [1.82, 2.24) is 9.99 Å². The predicted molar refractivity (Wildman–Crippen MR) is 88.9 cm³/mol. The van der Waals surface area contributed by atoms with Crippen molar-refractivity contribution >= 4 is 12.2 Å². The maximum atomic E-state index is 13.2. The molecule has 0 fully saturated rings. The van der Waals surface area contributed by atoms with E-state index in [1.54, 1.807) is 13.0 Å². The number of aromatic carboxylic acids is 1. The van der Waals surface area contributed by atoms with Crippen LogP contribution in [0.15, 0.2) is 35.4 Å². The Morgan fingerprint density at radius 3 is 2.28 bits per heavy atom. The van der Waals surface area contributed by atoms with Crippen molar-refractivity contribution < 1.29 is 40.6 Å². The van der Waals surface area contributed by atoms with E-state index in [9.17, 15) is 35.5 Å². The van der Waals surface area contributed by atoms with E-state index < -0.39 is 24.1 Å². The van der Waals surface area contributed by atoms with E-state index in [-0.39, 0.29) is 11.1 Å². The number of carbonyl (C=O) groups is 1. The number of aromatic nitrogens is 1. The number of alkyl halides is 7. The maximum Gasteiger partial charge on any atom is 0.462 e. The number of hydrogen-bond donors (Lipinski definition) is 2. The molecule has 0 aliphatic carbocycles. The molecule has 0 unspecified atom stereocenters. The Morgan fingerprint density at radius 2 is 1.72 bits per heavy atom. The molecule has 0 saturated carbocycles. The number of carboxylic acids is 1. The molecule has 0 aliphatic rings. The van der Waals surface area contributed by atoms with Crippen LogP contribution in [0.5, 0.6) is 0 Å². The van der Waals surface area contributed by atoms with Gasteiger partial charge in [0.05, 0.1) is 11.8 Å². The SMILES string of the molecule is Cc1cc(/C=N/NC(F)(F)C(F)(F)C(F)(F)F)c(C)n1-c1cccc(C(=O)O)c1. The summed E-state index contributed by atoms with van der Waals surface area (Å²) in [5, 5.41) is 11.9. The van der Waals surface area contributed by atoms with Crippen molar-refractivity contribution in [3.8, 4) is 5.69 Å². The third kappa shape index (κ3) is 4.20. The highest BCUT2D eigenvalue weighted by molar-refractivity contribution is 5.88. The van der Waals surface area contributed by atoms with Crippen LogP contribution in [0.1, 0.15) is 27.3 Å². The molecule has 1 aromatic heterocycles. The molecule has 1 aromatic carbocycles. The van der Waals surface area contributed by atoms with Crippen molar-refractivity contribution in [2.75, 3.05) is 0 Å². The van der Waals surface area contributed by atoms with Gasteiger partial charge in [0.1, 0.15) is 0 Å². The lowest BCUT2D eigenvalue weighted by atomic mass is 10.2. The molecule has 0 radical (unpaired) electrons. The Kier molecular flexibility index (Phi) is 5.68. The number of carboxylic acid groups (broad SMARTS) is 1. The van der Waals surface area contributed by atoms with E-state index in [2.05, 4.69) is 5.10 Å². The molecular weight excluding hydrogens is 411 g/mol. The molecule has 1 heterocycles. The summed E-state index contributed by atoms with van der Waals surface area (Å²) in [5.41, 5.74) is 1.97. The van der Waals surface area contributed by atoms with Gasteiger partial charge in [0.25, 0.3) is 0 Å². The van der Waals surface area contributed by atoms with Crippen LogP contribution in [0.4, 0.5) is 30.7 Å². The first-order chi connectivity index (χ1) is 13.2. The molecule has 2 N–H and O–H groups in total. The van der Waals surface area contributed by atoms with Crippen LogP contribution in [0, 0.1) is 13.8 Å². The fraction of sp³-hybridized carbons (Fsp3) is 0.294. The van der Waals surface area contributed by atoms with E-state index in [0.29, 0.717) is 28.7 Å². The van der Waals surface area contributed by atoms with Gasteiger partial charge in [0, 0.05) is 22.6 Å². The van der Waals surface area contributed by atoms with Crippen LogP contribution in [0.3, 0.4) is 0 Å². The van der Waals surface area contributed by atoms with Crippen molar-refractivity contribution in [3.63, 3.8) is 0 Å². The molecule has 2 aromatic rings. The molecular formula is C17H14F7N3O2. The first-order valence-electron chi connectivity index (χ1n) is 7.84. The summed E-state index contributed by atoms with van der Waals surface area (Å²) in [6.07, 6.45) is -5.80. The second kappa shape index (κ2) is 7.41. The second-order valence-corrected chi connectivity index (χ2v) is 6.03. The zero-order valence-corrected chi connectivity index (χ0v) is 14.9. The highest BCUT2D eigenvalue weighted by atomic mass is 19.4. The Balaban J connectivity index is 2.32. The van der Waals surface area contributed by atoms with Crippen molar-refractivity contribution in [2.45, 2.75) is 32.0 Å². The van der Waals surface area contributed by atoms with Crippen molar-refractivity contribution in [2.24, 2.45) is 5.10 Å². The van der Waals surface area contributed by atoms with E-state index in [1.807, 2.05) is 0 Å². The third-order valence-electron chi connectivity index (χ3n) is 3.98. The summed E-state index contributed by atoms with van der Waals surface area (Å²) < 4.78 is 90.0. The number of hydrazone groups is 1. The van der Waals surface area contributed by atoms with Gasteiger partial charge in [-0.2, -0.15) is 35.8 Å². The standard InChI is InChI=1S/C17H14F7N3O2/c1-9-6-12(8-25-26-17(23,24)15(18,19)16(20,21)22)10(2)27(9)13-5-3-4-11(7-13)14(28)29/h3-8,26H,1-2H3,(H,28,29)/b25-8+. The number of rotatable bonds is 6. The summed E-state index contributed by atoms with van der Waals surface area (Å²) in [4.78, 5) is 11.1.